The summed E-state index contributed by atoms with van der Waals surface area (Å²) in [5, 5.41) is 7.40. The molecule has 0 fully saturated rings. The van der Waals surface area contributed by atoms with Crippen LogP contribution in [0.4, 0.5) is 0 Å². The third-order valence-electron chi connectivity index (χ3n) is 8.02. The number of oxazole rings is 1. The second-order valence-corrected chi connectivity index (χ2v) is 10.1. The monoisotopic (exact) mass is 499 g/mol. The van der Waals surface area contributed by atoms with Crippen LogP contribution in [0.3, 0.4) is 0 Å². The van der Waals surface area contributed by atoms with Crippen LogP contribution in [-0.2, 0) is 0 Å². The van der Waals surface area contributed by atoms with Gasteiger partial charge in [-0.15, -0.1) is 0 Å². The molecule has 0 bridgehead atoms. The van der Waals surface area contributed by atoms with Gasteiger partial charge in [-0.25, -0.2) is 4.98 Å². The molecule has 39 heavy (non-hydrogen) atoms. The van der Waals surface area contributed by atoms with Crippen molar-refractivity contribution in [3.8, 4) is 11.4 Å². The number of benzene rings is 6. The number of para-hydroxylation sites is 2. The first-order chi connectivity index (χ1) is 19.3. The van der Waals surface area contributed by atoms with Gasteiger partial charge in [-0.05, 0) is 53.2 Å². The number of fused-ring (bicyclic) bond motifs is 9. The lowest BCUT2D eigenvalue weighted by atomic mass is 10.1. The molecule has 0 unspecified atom stereocenters. The lowest BCUT2D eigenvalue weighted by Crippen LogP contribution is -1.98. The Bertz CT molecular complexity index is 2390. The van der Waals surface area contributed by atoms with Gasteiger partial charge in [0.25, 0.3) is 0 Å². The zero-order chi connectivity index (χ0) is 25.5. The molecule has 9 aromatic rings. The highest BCUT2D eigenvalue weighted by Gasteiger charge is 2.21. The van der Waals surface area contributed by atoms with Gasteiger partial charge >= 0.3 is 0 Å². The van der Waals surface area contributed by atoms with E-state index in [9.17, 15) is 0 Å². The van der Waals surface area contributed by atoms with Crippen molar-refractivity contribution in [2.75, 3.05) is 0 Å². The van der Waals surface area contributed by atoms with E-state index >= 15 is 0 Å². The van der Waals surface area contributed by atoms with Crippen LogP contribution < -0.4 is 0 Å². The van der Waals surface area contributed by atoms with Gasteiger partial charge in [0.2, 0.25) is 0 Å². The molecule has 0 atom stereocenters. The van der Waals surface area contributed by atoms with Crippen molar-refractivity contribution in [3.63, 3.8) is 0 Å². The Kier molecular flexibility index (Phi) is 4.02. The van der Waals surface area contributed by atoms with Crippen LogP contribution >= 0.6 is 0 Å². The summed E-state index contributed by atoms with van der Waals surface area (Å²) in [5.41, 5.74) is 8.55. The molecular weight excluding hydrogens is 478 g/mol. The second-order valence-electron chi connectivity index (χ2n) is 10.1. The number of hydrogen-bond donors (Lipinski definition) is 0. The first-order valence-corrected chi connectivity index (χ1v) is 13.1. The quantitative estimate of drug-likeness (QED) is 0.238. The molecule has 0 N–H and O–H groups in total. The Morgan fingerprint density at radius 1 is 0.487 bits per heavy atom. The van der Waals surface area contributed by atoms with Gasteiger partial charge < -0.3 is 13.6 Å². The van der Waals surface area contributed by atoms with E-state index in [1.54, 1.807) is 0 Å². The lowest BCUT2D eigenvalue weighted by molar-refractivity contribution is 0.602. The topological polar surface area (TPSA) is 35.9 Å². The van der Waals surface area contributed by atoms with E-state index in [4.69, 9.17) is 4.42 Å². The maximum Gasteiger partial charge on any atom is 0.181 e. The molecular formula is C35H21N3O. The summed E-state index contributed by atoms with van der Waals surface area (Å²) in [6.45, 7) is 0. The van der Waals surface area contributed by atoms with Crippen molar-refractivity contribution in [2.24, 2.45) is 0 Å². The molecule has 0 aliphatic rings. The normalized spacial score (nSPS) is 12.1. The van der Waals surface area contributed by atoms with Crippen molar-refractivity contribution >= 4 is 65.5 Å². The first kappa shape index (κ1) is 20.7. The maximum atomic E-state index is 5.72. The fourth-order valence-electron chi connectivity index (χ4n) is 6.33. The Labute approximate surface area is 222 Å². The first-order valence-electron chi connectivity index (χ1n) is 13.1. The van der Waals surface area contributed by atoms with Crippen LogP contribution in [0.2, 0.25) is 0 Å². The second kappa shape index (κ2) is 7.59. The van der Waals surface area contributed by atoms with Gasteiger partial charge in [0.1, 0.15) is 5.52 Å². The molecule has 4 heteroatoms. The average molecular weight is 500 g/mol. The molecule has 0 saturated carbocycles. The van der Waals surface area contributed by atoms with Crippen molar-refractivity contribution < 1.29 is 4.42 Å². The fraction of sp³-hybridized carbons (Fsp3) is 0. The largest absolute Gasteiger partial charge is 0.443 e. The van der Waals surface area contributed by atoms with Gasteiger partial charge in [0.15, 0.2) is 12.0 Å². The summed E-state index contributed by atoms with van der Waals surface area (Å²) < 4.78 is 10.5. The van der Waals surface area contributed by atoms with E-state index < -0.39 is 0 Å². The Balaban J connectivity index is 1.56. The molecule has 0 radical (unpaired) electrons. The summed E-state index contributed by atoms with van der Waals surface area (Å²) in [7, 11) is 0. The molecule has 0 aliphatic heterocycles. The SMILES string of the molecule is c1ccc(-n2c3cc4ccccc4cc3c3ccc4c5ccccc5n(-c5ccc6ncoc6c5)c4c32)cc1. The fourth-order valence-corrected chi connectivity index (χ4v) is 6.33. The molecule has 3 heterocycles. The zero-order valence-corrected chi connectivity index (χ0v) is 20.9. The van der Waals surface area contributed by atoms with Gasteiger partial charge in [-0.2, -0.15) is 0 Å². The highest BCUT2D eigenvalue weighted by Crippen LogP contribution is 2.42. The van der Waals surface area contributed by atoms with E-state index in [1.807, 2.05) is 6.07 Å². The van der Waals surface area contributed by atoms with Crippen LogP contribution in [0.25, 0.3) is 76.9 Å². The summed E-state index contributed by atoms with van der Waals surface area (Å²) in [6.07, 6.45) is 1.51. The van der Waals surface area contributed by atoms with Crippen molar-refractivity contribution in [1.82, 2.24) is 14.1 Å². The zero-order valence-electron chi connectivity index (χ0n) is 20.9. The molecule has 4 nitrogen and oxygen atoms in total. The van der Waals surface area contributed by atoms with Gasteiger partial charge in [-0.3, -0.25) is 0 Å². The van der Waals surface area contributed by atoms with Crippen molar-refractivity contribution in [1.29, 1.82) is 0 Å². The van der Waals surface area contributed by atoms with E-state index in [2.05, 4.69) is 129 Å². The van der Waals surface area contributed by atoms with Crippen LogP contribution in [-0.4, -0.2) is 14.1 Å². The maximum absolute atomic E-state index is 5.72. The average Bonchev–Trinajstić information content (AvgIpc) is 3.68. The van der Waals surface area contributed by atoms with Gasteiger partial charge in [0.05, 0.1) is 27.8 Å². The van der Waals surface area contributed by atoms with E-state index in [0.29, 0.717) is 0 Å². The lowest BCUT2D eigenvalue weighted by Gasteiger charge is -2.12. The number of rotatable bonds is 2. The highest BCUT2D eigenvalue weighted by atomic mass is 16.3. The molecule has 3 aromatic heterocycles. The van der Waals surface area contributed by atoms with Crippen LogP contribution in [0.15, 0.2) is 132 Å². The van der Waals surface area contributed by atoms with Crippen molar-refractivity contribution in [2.45, 2.75) is 0 Å². The molecule has 182 valence electrons. The van der Waals surface area contributed by atoms with Crippen molar-refractivity contribution in [3.05, 3.63) is 128 Å². The molecule has 0 saturated heterocycles. The summed E-state index contributed by atoms with van der Waals surface area (Å²) in [6, 6.07) is 43.5. The van der Waals surface area contributed by atoms with E-state index in [0.717, 1.165) is 28.0 Å². The highest BCUT2D eigenvalue weighted by molar-refractivity contribution is 6.25. The number of nitrogens with zero attached hydrogens (tertiary/aromatic N) is 3. The third kappa shape index (κ3) is 2.80. The smallest absolute Gasteiger partial charge is 0.181 e. The van der Waals surface area contributed by atoms with Crippen LogP contribution in [0.5, 0.6) is 0 Å². The third-order valence-corrected chi connectivity index (χ3v) is 8.02. The van der Waals surface area contributed by atoms with Gasteiger partial charge in [0, 0.05) is 33.3 Å². The summed E-state index contributed by atoms with van der Waals surface area (Å²) in [4.78, 5) is 4.34. The minimum absolute atomic E-state index is 0.778. The van der Waals surface area contributed by atoms with Gasteiger partial charge in [-0.1, -0.05) is 72.8 Å². The van der Waals surface area contributed by atoms with Crippen LogP contribution in [0.1, 0.15) is 0 Å². The summed E-state index contributed by atoms with van der Waals surface area (Å²) >= 11 is 0. The van der Waals surface area contributed by atoms with E-state index in [-0.39, 0.29) is 0 Å². The molecule has 0 amide bonds. The Morgan fingerprint density at radius 3 is 2.03 bits per heavy atom. The molecule has 0 spiro atoms. The predicted octanol–water partition coefficient (Wildman–Crippen LogP) is 9.18. The molecule has 0 aliphatic carbocycles. The molecule has 6 aromatic carbocycles. The van der Waals surface area contributed by atoms with E-state index in [1.165, 1.54) is 55.3 Å². The predicted molar refractivity (Wildman–Crippen MR) is 160 cm³/mol. The Morgan fingerprint density at radius 2 is 1.18 bits per heavy atom. The van der Waals surface area contributed by atoms with Crippen LogP contribution in [0, 0.1) is 0 Å². The number of aromatic nitrogens is 3. The minimum atomic E-state index is 0.778. The molecule has 9 rings (SSSR count). The number of hydrogen-bond acceptors (Lipinski definition) is 2. The Hall–Kier alpha value is -5.35. The minimum Gasteiger partial charge on any atom is -0.443 e. The summed E-state index contributed by atoms with van der Waals surface area (Å²) in [5.74, 6) is 0. The standard InChI is InChI=1S/C35H21N3O/c1-2-10-24(11-3-1)37-32-19-23-9-5-4-8-22(23)18-29(32)28-16-15-27-26-12-6-7-13-31(26)38(34(27)35(28)37)25-14-17-30-33(20-25)39-21-36-30/h1-21H.